The molecule has 0 saturated heterocycles. The first-order valence-corrected chi connectivity index (χ1v) is 24.4. The number of hydrogen-bond acceptors (Lipinski definition) is 30. The van der Waals surface area contributed by atoms with Crippen molar-refractivity contribution in [1.29, 1.82) is 0 Å². The maximum absolute atomic E-state index is 10.9. The van der Waals surface area contributed by atoms with Gasteiger partial charge in [0.25, 0.3) is 0 Å². The summed E-state index contributed by atoms with van der Waals surface area (Å²) in [7, 11) is 28.3. The molecular formula is C42H91N23O23. The van der Waals surface area contributed by atoms with Crippen molar-refractivity contribution in [3.63, 3.8) is 0 Å². The average Bonchev–Trinajstić information content (AvgIpc) is 3.43. The second-order valence-electron chi connectivity index (χ2n) is 16.1. The number of nitrogens with one attached hydrogen (secondary N) is 14. The third-order valence-electron chi connectivity index (χ3n) is 6.35. The van der Waals surface area contributed by atoms with Crippen LogP contribution in [0.5, 0.6) is 0 Å². The van der Waals surface area contributed by atoms with Crippen LogP contribution in [0.2, 0.25) is 0 Å². The van der Waals surface area contributed by atoms with Crippen molar-refractivity contribution in [3.05, 3.63) is 12.7 Å². The largest absolute Gasteiger partial charge is 0.533 e. The number of methoxy groups -OCH3 is 1. The zero-order valence-electron chi connectivity index (χ0n) is 53.5. The van der Waals surface area contributed by atoms with E-state index >= 15 is 0 Å². The second-order valence-corrected chi connectivity index (χ2v) is 16.1. The molecule has 0 aromatic heterocycles. The summed E-state index contributed by atoms with van der Waals surface area (Å²) >= 11 is 0. The Balaban J connectivity index is -0.000000175. The highest BCUT2D eigenvalue weighted by atomic mass is 16.8. The van der Waals surface area contributed by atoms with Gasteiger partial charge in [-0.3, -0.25) is 57.2 Å². The summed E-state index contributed by atoms with van der Waals surface area (Å²) in [6.45, 7) is 11.1. The Hall–Kier alpha value is -9.84. The van der Waals surface area contributed by atoms with Crippen LogP contribution < -0.4 is 76.2 Å². The van der Waals surface area contributed by atoms with E-state index in [9.17, 15) is 67.1 Å². The summed E-state index contributed by atoms with van der Waals surface area (Å²) in [5.41, 5.74) is 27.6. The number of hydroxylamine groups is 8. The third kappa shape index (κ3) is 74.2. The average molecular weight is 1290 g/mol. The Bertz CT molecular complexity index is 2020. The highest BCUT2D eigenvalue weighted by molar-refractivity contribution is 6.32. The molecule has 0 aliphatic heterocycles. The standard InChI is InChI=1S/C7H14N4O4.C7H13N3O5.C7H15N3O2.C6H14N4O3.C5H11N3O4.C5H11N3O3.C5H13N3O2/c1-4-8-5(12)6(13)15-10-7(14)9-11(2)3;1-4-14-5(11)6(12)15-9-7(13)8-10(2)3;1-4-6-12-9-7(11)8-10(3)5-2;1-9(2)6(12)13-8-5(11)7-10(3)4;1-8(2)6-4(9)7-12-5(10)11-3;1-4(9)11-7-5(10)6-8(2)3;1-7(2)6-5(9)8(3)10-4/h4H2,1-3H3,(H,8,12)(H2,9,10,14);4H2,1-3H3,(H2,8,9,13);4H,1,5-6H2,2-3H3,(H2,8,9,11);1-4H3,(H2,7,8,11);1-3H3,(H2,6,7,9);1-3H3,(H2,6,7,10);1-4H3,(H,6,9). The van der Waals surface area contributed by atoms with Crippen LogP contribution in [0.25, 0.3) is 0 Å². The van der Waals surface area contributed by atoms with Crippen LogP contribution in [0.4, 0.5) is 43.2 Å². The fourth-order valence-electron chi connectivity index (χ4n) is 3.04. The van der Waals surface area contributed by atoms with E-state index in [1.165, 1.54) is 77.1 Å². The predicted molar refractivity (Wildman–Crippen MR) is 303 cm³/mol. The fraction of sp³-hybridized carbons (Fsp3) is 0.619. The van der Waals surface area contributed by atoms with Crippen LogP contribution in [-0.2, 0) is 67.3 Å². The Morgan fingerprint density at radius 2 is 0.807 bits per heavy atom. The van der Waals surface area contributed by atoms with Crippen molar-refractivity contribution < 1.29 is 110 Å². The molecule has 0 aromatic carbocycles. The minimum absolute atomic E-state index is 0.0534. The maximum atomic E-state index is 10.9. The molecule has 46 heteroatoms. The summed E-state index contributed by atoms with van der Waals surface area (Å²) < 4.78 is 8.41. The number of likely N-dealkylation sites (N-methyl/N-ethyl adjacent to an activating group) is 1. The number of carbonyl (C=O) groups excluding carboxylic acids is 14. The normalized spacial score (nSPS) is 9.33. The van der Waals surface area contributed by atoms with Crippen LogP contribution in [0.1, 0.15) is 27.7 Å². The van der Waals surface area contributed by atoms with Crippen LogP contribution in [0, 0.1) is 0 Å². The van der Waals surface area contributed by atoms with E-state index < -0.39 is 72.2 Å². The topological polar surface area (TPSA) is 520 Å². The molecule has 16 amide bonds. The van der Waals surface area contributed by atoms with Crippen molar-refractivity contribution >= 4 is 84.3 Å². The summed E-state index contributed by atoms with van der Waals surface area (Å²) in [4.78, 5) is 181. The Morgan fingerprint density at radius 3 is 1.12 bits per heavy atom. The van der Waals surface area contributed by atoms with Gasteiger partial charge in [-0.25, -0.2) is 103 Å². The Morgan fingerprint density at radius 1 is 0.443 bits per heavy atom. The van der Waals surface area contributed by atoms with Crippen LogP contribution in [-0.4, -0.2) is 283 Å². The van der Waals surface area contributed by atoms with Gasteiger partial charge >= 0.3 is 84.3 Å². The van der Waals surface area contributed by atoms with E-state index in [4.69, 9.17) is 0 Å². The molecule has 0 atom stereocenters. The lowest BCUT2D eigenvalue weighted by Crippen LogP contribution is -2.45. The number of ether oxygens (including phenoxy) is 2. The van der Waals surface area contributed by atoms with Crippen molar-refractivity contribution in [2.45, 2.75) is 27.7 Å². The SMILES string of the molecule is C=CCONC(=O)NN(C)CC.CC(=O)ONC(=O)NN(C)C.CCNC(=O)C(=O)ONC(=O)NN(C)C.CCOC(=O)C(=O)ONC(=O)NN(C)C.CN(C)NC(=O)NOC(=O)N(C)C.COC(=O)ONC(=O)NN(C)C.CON(C)C(=O)NN(C)C. The molecule has 0 aliphatic carbocycles. The van der Waals surface area contributed by atoms with Crippen LogP contribution in [0.3, 0.4) is 0 Å². The van der Waals surface area contributed by atoms with Crippen molar-refractivity contribution in [2.75, 3.05) is 153 Å². The number of rotatable bonds is 14. The lowest BCUT2D eigenvalue weighted by Gasteiger charge is -2.17. The molecule has 0 saturated carbocycles. The van der Waals surface area contributed by atoms with Crippen molar-refractivity contribution in [1.82, 2.24) is 121 Å². The molecule has 0 spiro atoms. The van der Waals surface area contributed by atoms with Crippen molar-refractivity contribution in [2.24, 2.45) is 0 Å². The van der Waals surface area contributed by atoms with Gasteiger partial charge < -0.3 is 43.9 Å². The number of esters is 1. The Labute approximate surface area is 508 Å². The van der Waals surface area contributed by atoms with E-state index in [-0.39, 0.29) is 18.7 Å². The van der Waals surface area contributed by atoms with Crippen molar-refractivity contribution in [3.8, 4) is 0 Å². The molecule has 0 unspecified atom stereocenters. The summed E-state index contributed by atoms with van der Waals surface area (Å²) in [6.07, 6.45) is -0.0816. The molecule has 0 bridgehead atoms. The monoisotopic (exact) mass is 1290 g/mol. The van der Waals surface area contributed by atoms with E-state index in [1.807, 2.05) is 17.9 Å². The Kier molecular flexibility index (Phi) is 61.5. The van der Waals surface area contributed by atoms with Gasteiger partial charge in [-0.15, -0.1) is 6.58 Å². The van der Waals surface area contributed by atoms with Gasteiger partial charge in [-0.05, 0) is 13.8 Å². The number of hydrogen-bond donors (Lipinski definition) is 14. The lowest BCUT2D eigenvalue weighted by atomic mass is 10.6. The molecule has 0 rings (SSSR count). The molecule has 88 heavy (non-hydrogen) atoms. The summed E-state index contributed by atoms with van der Waals surface area (Å²) in [5, 5.41) is 13.4. The minimum Gasteiger partial charge on any atom is -0.458 e. The number of hydrazine groups is 7. The quantitative estimate of drug-likeness (QED) is 0.0194. The van der Waals surface area contributed by atoms with Gasteiger partial charge in [0.1, 0.15) is 0 Å². The second kappa shape index (κ2) is 58.9. The van der Waals surface area contributed by atoms with Gasteiger partial charge in [0.15, 0.2) is 0 Å². The predicted octanol–water partition coefficient (Wildman–Crippen LogP) is -4.85. The molecular weight excluding hydrogens is 1190 g/mol. The molecule has 0 aliphatic rings. The number of carbonyl (C=O) groups is 14. The maximum Gasteiger partial charge on any atom is 0.533 e. The zero-order chi connectivity index (χ0) is 70.1. The zero-order valence-corrected chi connectivity index (χ0v) is 53.5. The van der Waals surface area contributed by atoms with E-state index in [0.717, 1.165) is 18.7 Å². The fourth-order valence-corrected chi connectivity index (χ4v) is 3.04. The van der Waals surface area contributed by atoms with Gasteiger partial charge in [0.05, 0.1) is 27.4 Å². The minimum atomic E-state index is -1.29. The highest BCUT2D eigenvalue weighted by Crippen LogP contribution is 1.85. The highest BCUT2D eigenvalue weighted by Gasteiger charge is 2.19. The lowest BCUT2D eigenvalue weighted by molar-refractivity contribution is -0.170. The number of urea groups is 7. The molecule has 0 aromatic rings. The van der Waals surface area contributed by atoms with Gasteiger partial charge in [0.2, 0.25) is 0 Å². The first-order valence-electron chi connectivity index (χ1n) is 24.4. The number of nitrogens with zero attached hydrogens (tertiary/aromatic N) is 9. The number of amides is 16. The van der Waals surface area contributed by atoms with E-state index in [0.29, 0.717) is 13.2 Å². The summed E-state index contributed by atoms with van der Waals surface area (Å²) in [6, 6.07) is -4.08. The smallest absolute Gasteiger partial charge is 0.458 e. The van der Waals surface area contributed by atoms with Crippen LogP contribution in [0.15, 0.2) is 12.7 Å². The first kappa shape index (κ1) is 91.9. The first-order chi connectivity index (χ1) is 40.7. The molecule has 46 nitrogen and oxygen atoms in total. The molecule has 0 fully saturated rings. The van der Waals surface area contributed by atoms with E-state index in [1.54, 1.807) is 126 Å². The summed E-state index contributed by atoms with van der Waals surface area (Å²) in [5.74, 6) is -5.11. The van der Waals surface area contributed by atoms with Gasteiger partial charge in [-0.1, -0.05) is 13.0 Å². The molecule has 0 heterocycles. The molecule has 0 radical (unpaired) electrons. The molecule has 512 valence electrons. The van der Waals surface area contributed by atoms with Gasteiger partial charge in [0, 0.05) is 133 Å². The molecule has 14 N–H and O–H groups in total. The van der Waals surface area contributed by atoms with E-state index in [2.05, 4.69) is 98.7 Å². The van der Waals surface area contributed by atoms with Gasteiger partial charge in [-0.2, -0.15) is 27.4 Å². The van der Waals surface area contributed by atoms with Crippen LogP contribution >= 0.6 is 0 Å². The third-order valence-corrected chi connectivity index (χ3v) is 6.35.